The van der Waals surface area contributed by atoms with Gasteiger partial charge in [-0.15, -0.1) is 0 Å². The zero-order chi connectivity index (χ0) is 28.4. The van der Waals surface area contributed by atoms with Crippen LogP contribution in [-0.4, -0.2) is 53.8 Å². The molecule has 0 saturated carbocycles. The largest absolute Gasteiger partial charge is 0.444 e. The summed E-state index contributed by atoms with van der Waals surface area (Å²) in [7, 11) is -4.12. The van der Waals surface area contributed by atoms with E-state index in [2.05, 4.69) is 10.4 Å². The number of nitrogens with one attached hydrogen (secondary N) is 1. The number of benzene rings is 2. The molecule has 3 aromatic rings. The van der Waals surface area contributed by atoms with Crippen LogP contribution >= 0.6 is 11.6 Å². The fraction of sp³-hybridized carbons (Fsp3) is 0.370. The Labute approximate surface area is 233 Å². The monoisotopic (exact) mass is 573 g/mol. The molecule has 0 bridgehead atoms. The summed E-state index contributed by atoms with van der Waals surface area (Å²) in [6, 6.07) is 11.6. The highest BCUT2D eigenvalue weighted by Gasteiger charge is 2.28. The lowest BCUT2D eigenvalue weighted by molar-refractivity contribution is -0.115. The number of sulfonamides is 1. The number of carbonyl (C=O) groups is 2. The summed E-state index contributed by atoms with van der Waals surface area (Å²) in [5.74, 6) is -0.346. The molecule has 1 aromatic heterocycles. The standard InChI is InChI=1S/C27H32ClN5O5S/c1-27(2,3)38-26(35)32-12-10-21(11-13-32)33-17-19(16-30-33)22-9-8-20(15-24(22)39(29,36)37)31-25(34)14-18-6-4-5-7-23(18)28/h4-9,15-17,21H,10-14H2,1-3H3,(H,31,34)(H2,29,36,37). The van der Waals surface area contributed by atoms with Crippen molar-refractivity contribution in [3.05, 3.63) is 65.4 Å². The van der Waals surface area contributed by atoms with Gasteiger partial charge in [0.2, 0.25) is 15.9 Å². The van der Waals surface area contributed by atoms with Crippen molar-refractivity contribution in [2.75, 3.05) is 18.4 Å². The van der Waals surface area contributed by atoms with Crippen LogP contribution in [-0.2, 0) is 26.0 Å². The van der Waals surface area contributed by atoms with Gasteiger partial charge in [0.05, 0.1) is 23.6 Å². The lowest BCUT2D eigenvalue weighted by Gasteiger charge is -2.33. The first kappa shape index (κ1) is 28.6. The molecule has 10 nitrogen and oxygen atoms in total. The van der Waals surface area contributed by atoms with Gasteiger partial charge in [-0.1, -0.05) is 35.9 Å². The van der Waals surface area contributed by atoms with E-state index in [-0.39, 0.29) is 29.4 Å². The molecule has 2 heterocycles. The Bertz CT molecular complexity index is 1470. The number of amides is 2. The van der Waals surface area contributed by atoms with Crippen LogP contribution in [0.3, 0.4) is 0 Å². The minimum atomic E-state index is -4.12. The summed E-state index contributed by atoms with van der Waals surface area (Å²) in [6.45, 7) is 6.55. The molecule has 0 spiro atoms. The number of piperidine rings is 1. The molecule has 3 N–H and O–H groups in total. The number of nitrogens with two attached hydrogens (primary N) is 1. The molecule has 4 rings (SSSR count). The lowest BCUT2D eigenvalue weighted by Crippen LogP contribution is -2.42. The van der Waals surface area contributed by atoms with Crippen molar-refractivity contribution in [3.63, 3.8) is 0 Å². The van der Waals surface area contributed by atoms with Crippen molar-refractivity contribution in [3.8, 4) is 11.1 Å². The second kappa shape index (κ2) is 11.4. The van der Waals surface area contributed by atoms with Crippen molar-refractivity contribution >= 4 is 39.3 Å². The van der Waals surface area contributed by atoms with Gasteiger partial charge < -0.3 is 15.0 Å². The van der Waals surface area contributed by atoms with E-state index in [9.17, 15) is 18.0 Å². The Balaban J connectivity index is 1.47. The molecule has 0 unspecified atom stereocenters. The number of rotatable bonds is 6. The maximum Gasteiger partial charge on any atom is 0.410 e. The van der Waals surface area contributed by atoms with Crippen LogP contribution in [0.2, 0.25) is 5.02 Å². The lowest BCUT2D eigenvalue weighted by atomic mass is 10.1. The smallest absolute Gasteiger partial charge is 0.410 e. The van der Waals surface area contributed by atoms with E-state index in [1.54, 1.807) is 58.4 Å². The normalized spacial score (nSPS) is 14.7. The van der Waals surface area contributed by atoms with E-state index in [1.807, 2.05) is 20.8 Å². The quantitative estimate of drug-likeness (QED) is 0.442. The third-order valence-electron chi connectivity index (χ3n) is 6.28. The maximum absolute atomic E-state index is 12.6. The maximum atomic E-state index is 12.6. The number of ether oxygens (including phenoxy) is 1. The van der Waals surface area contributed by atoms with Gasteiger partial charge in [0.15, 0.2) is 0 Å². The molecule has 39 heavy (non-hydrogen) atoms. The molecule has 0 aliphatic carbocycles. The SMILES string of the molecule is CC(C)(C)OC(=O)N1CCC(n2cc(-c3ccc(NC(=O)Cc4ccccc4Cl)cc3S(N)(=O)=O)cn2)CC1. The minimum absolute atomic E-state index is 0.0334. The van der Waals surface area contributed by atoms with E-state index in [1.165, 1.54) is 6.07 Å². The summed E-state index contributed by atoms with van der Waals surface area (Å²) < 4.78 is 32.2. The van der Waals surface area contributed by atoms with E-state index in [4.69, 9.17) is 21.5 Å². The van der Waals surface area contributed by atoms with Gasteiger partial charge in [-0.25, -0.2) is 18.4 Å². The average molecular weight is 574 g/mol. The number of primary sulfonamides is 1. The summed E-state index contributed by atoms with van der Waals surface area (Å²) in [4.78, 5) is 26.5. The summed E-state index contributed by atoms with van der Waals surface area (Å²) in [6.07, 6.45) is 4.41. The van der Waals surface area contributed by atoms with Crippen LogP contribution in [0, 0.1) is 0 Å². The molecule has 2 amide bonds. The second-order valence-corrected chi connectivity index (χ2v) is 12.4. The fourth-order valence-corrected chi connectivity index (χ4v) is 5.40. The summed E-state index contributed by atoms with van der Waals surface area (Å²) >= 11 is 6.14. The van der Waals surface area contributed by atoms with Crippen molar-refractivity contribution in [1.82, 2.24) is 14.7 Å². The molecule has 208 valence electrons. The Kier molecular flexibility index (Phi) is 8.34. The first-order valence-electron chi connectivity index (χ1n) is 12.5. The van der Waals surface area contributed by atoms with Crippen LogP contribution in [0.1, 0.15) is 45.2 Å². The zero-order valence-electron chi connectivity index (χ0n) is 22.1. The molecule has 1 aliphatic rings. The third-order valence-corrected chi connectivity index (χ3v) is 7.60. The van der Waals surface area contributed by atoms with Gasteiger partial charge in [-0.2, -0.15) is 5.10 Å². The van der Waals surface area contributed by atoms with Gasteiger partial charge in [0.25, 0.3) is 0 Å². The first-order valence-corrected chi connectivity index (χ1v) is 14.4. The molecular formula is C27H32ClN5O5S. The van der Waals surface area contributed by atoms with Gasteiger partial charge >= 0.3 is 6.09 Å². The second-order valence-electron chi connectivity index (χ2n) is 10.5. The number of halogens is 1. The van der Waals surface area contributed by atoms with E-state index in [0.29, 0.717) is 53.3 Å². The fourth-order valence-electron chi connectivity index (χ4n) is 4.41. The predicted octanol–water partition coefficient (Wildman–Crippen LogP) is 4.60. The third kappa shape index (κ3) is 7.37. The van der Waals surface area contributed by atoms with Gasteiger partial charge in [0.1, 0.15) is 5.60 Å². The molecule has 1 aliphatic heterocycles. The van der Waals surface area contributed by atoms with E-state index in [0.717, 1.165) is 0 Å². The molecule has 0 radical (unpaired) electrons. The van der Waals surface area contributed by atoms with Crippen molar-refractivity contribution in [1.29, 1.82) is 0 Å². The number of likely N-dealkylation sites (tertiary alicyclic amines) is 1. The molecule has 1 fully saturated rings. The Morgan fingerprint density at radius 3 is 2.49 bits per heavy atom. The van der Waals surface area contributed by atoms with Crippen LogP contribution in [0.15, 0.2) is 59.8 Å². The topological polar surface area (TPSA) is 137 Å². The van der Waals surface area contributed by atoms with Crippen molar-refractivity contribution in [2.45, 2.75) is 56.6 Å². The number of aromatic nitrogens is 2. The number of anilines is 1. The van der Waals surface area contributed by atoms with E-state index >= 15 is 0 Å². The minimum Gasteiger partial charge on any atom is -0.444 e. The highest BCUT2D eigenvalue weighted by molar-refractivity contribution is 7.89. The number of hydrogen-bond acceptors (Lipinski definition) is 6. The van der Waals surface area contributed by atoms with Crippen LogP contribution < -0.4 is 10.5 Å². The molecule has 1 saturated heterocycles. The van der Waals surface area contributed by atoms with Crippen LogP contribution in [0.4, 0.5) is 10.5 Å². The highest BCUT2D eigenvalue weighted by atomic mass is 35.5. The number of carbonyl (C=O) groups excluding carboxylic acids is 2. The summed E-state index contributed by atoms with van der Waals surface area (Å²) in [5, 5.41) is 13.2. The van der Waals surface area contributed by atoms with Crippen molar-refractivity contribution in [2.24, 2.45) is 5.14 Å². The van der Waals surface area contributed by atoms with Gasteiger partial charge in [0, 0.05) is 41.1 Å². The van der Waals surface area contributed by atoms with Gasteiger partial charge in [-0.3, -0.25) is 9.48 Å². The van der Waals surface area contributed by atoms with Crippen LogP contribution in [0.25, 0.3) is 11.1 Å². The van der Waals surface area contributed by atoms with E-state index < -0.39 is 15.6 Å². The first-order chi connectivity index (χ1) is 18.3. The number of hydrogen-bond donors (Lipinski definition) is 2. The molecule has 12 heteroatoms. The Morgan fingerprint density at radius 1 is 1.15 bits per heavy atom. The predicted molar refractivity (Wildman–Crippen MR) is 149 cm³/mol. The Hall–Kier alpha value is -3.41. The molecular weight excluding hydrogens is 542 g/mol. The van der Waals surface area contributed by atoms with Crippen LogP contribution in [0.5, 0.6) is 0 Å². The van der Waals surface area contributed by atoms with Gasteiger partial charge in [-0.05, 0) is 57.4 Å². The van der Waals surface area contributed by atoms with Crippen molar-refractivity contribution < 1.29 is 22.7 Å². The highest BCUT2D eigenvalue weighted by Crippen LogP contribution is 2.31. The molecule has 2 aromatic carbocycles. The number of nitrogens with zero attached hydrogens (tertiary/aromatic N) is 3. The molecule has 0 atom stereocenters. The summed E-state index contributed by atoms with van der Waals surface area (Å²) in [5.41, 5.74) is 1.34. The Morgan fingerprint density at radius 2 is 1.85 bits per heavy atom. The average Bonchev–Trinajstić information content (AvgIpc) is 3.34. The zero-order valence-corrected chi connectivity index (χ0v) is 23.6.